The molecule has 0 aromatic carbocycles. The number of rotatable bonds is 6. The highest BCUT2D eigenvalue weighted by Gasteiger charge is 2.21. The molecular weight excluding hydrogens is 222 g/mol. The highest BCUT2D eigenvalue weighted by atomic mass is 32.3. The molecule has 8 heteroatoms. The molecule has 0 spiro atoms. The van der Waals surface area contributed by atoms with Gasteiger partial charge in [-0.3, -0.25) is 18.9 Å². The van der Waals surface area contributed by atoms with E-state index >= 15 is 0 Å². The van der Waals surface area contributed by atoms with Crippen molar-refractivity contribution in [1.29, 1.82) is 0 Å². The van der Waals surface area contributed by atoms with Crippen LogP contribution < -0.4 is 11.5 Å². The summed E-state index contributed by atoms with van der Waals surface area (Å²) in [5.41, 5.74) is 10.4. The summed E-state index contributed by atoms with van der Waals surface area (Å²) in [6.45, 7) is 1.73. The SMILES string of the molecule is CC(N)=NCCS(O)(O)C[C@H](N)C(=O)O. The minimum atomic E-state index is -2.99. The normalized spacial score (nSPS) is 16.1. The molecule has 90 valence electrons. The molecular formula is C7H17N3O4S. The molecule has 1 atom stereocenters. The lowest BCUT2D eigenvalue weighted by Gasteiger charge is -2.32. The zero-order valence-electron chi connectivity index (χ0n) is 8.46. The van der Waals surface area contributed by atoms with E-state index in [0.29, 0.717) is 5.84 Å². The van der Waals surface area contributed by atoms with Gasteiger partial charge in [0.15, 0.2) is 0 Å². The van der Waals surface area contributed by atoms with Gasteiger partial charge in [-0.05, 0) is 6.92 Å². The van der Waals surface area contributed by atoms with Gasteiger partial charge in [-0.15, -0.1) is 0 Å². The Labute approximate surface area is 89.5 Å². The zero-order chi connectivity index (χ0) is 12.1. The molecule has 0 saturated carbocycles. The summed E-state index contributed by atoms with van der Waals surface area (Å²) in [5.74, 6) is -1.30. The van der Waals surface area contributed by atoms with E-state index in [-0.39, 0.29) is 18.1 Å². The largest absolute Gasteiger partial charge is 0.480 e. The second-order valence-electron chi connectivity index (χ2n) is 3.14. The molecule has 0 aliphatic rings. The highest BCUT2D eigenvalue weighted by molar-refractivity contribution is 8.24. The van der Waals surface area contributed by atoms with Gasteiger partial charge >= 0.3 is 5.97 Å². The van der Waals surface area contributed by atoms with Crippen LogP contribution in [0.25, 0.3) is 0 Å². The van der Waals surface area contributed by atoms with Crippen molar-refractivity contribution in [1.82, 2.24) is 0 Å². The molecule has 0 radical (unpaired) electrons. The highest BCUT2D eigenvalue weighted by Crippen LogP contribution is 2.38. The Balaban J connectivity index is 4.07. The van der Waals surface area contributed by atoms with E-state index < -0.39 is 22.6 Å². The predicted octanol–water partition coefficient (Wildman–Crippen LogP) is -0.474. The van der Waals surface area contributed by atoms with Crippen LogP contribution in [0.15, 0.2) is 4.99 Å². The van der Waals surface area contributed by atoms with Gasteiger partial charge in [-0.25, -0.2) is 0 Å². The fourth-order valence-corrected chi connectivity index (χ4v) is 2.08. The van der Waals surface area contributed by atoms with E-state index in [1.807, 2.05) is 0 Å². The minimum Gasteiger partial charge on any atom is -0.480 e. The average Bonchev–Trinajstić information content (AvgIpc) is 2.01. The first kappa shape index (κ1) is 14.2. The molecule has 0 fully saturated rings. The molecule has 0 aliphatic carbocycles. The zero-order valence-corrected chi connectivity index (χ0v) is 9.28. The predicted molar refractivity (Wildman–Crippen MR) is 60.4 cm³/mol. The summed E-state index contributed by atoms with van der Waals surface area (Å²) in [6.07, 6.45) is 0. The second kappa shape index (κ2) is 5.91. The van der Waals surface area contributed by atoms with Crippen LogP contribution in [0, 0.1) is 0 Å². The Morgan fingerprint density at radius 3 is 2.47 bits per heavy atom. The lowest BCUT2D eigenvalue weighted by atomic mass is 10.4. The van der Waals surface area contributed by atoms with Gasteiger partial charge in [-0.2, -0.15) is 10.6 Å². The third-order valence-electron chi connectivity index (χ3n) is 1.54. The molecule has 7 N–H and O–H groups in total. The van der Waals surface area contributed by atoms with Gasteiger partial charge in [-0.1, -0.05) is 0 Å². The Morgan fingerprint density at radius 2 is 2.07 bits per heavy atom. The molecule has 0 saturated heterocycles. The molecule has 0 rings (SSSR count). The Kier molecular flexibility index (Phi) is 5.58. The monoisotopic (exact) mass is 239 g/mol. The fraction of sp³-hybridized carbons (Fsp3) is 0.714. The summed E-state index contributed by atoms with van der Waals surface area (Å²) in [7, 11) is -2.99. The van der Waals surface area contributed by atoms with Crippen molar-refractivity contribution in [3.8, 4) is 0 Å². The third-order valence-corrected chi connectivity index (χ3v) is 3.27. The van der Waals surface area contributed by atoms with E-state index in [2.05, 4.69) is 4.99 Å². The maximum atomic E-state index is 10.4. The number of hydrogen-bond donors (Lipinski definition) is 5. The molecule has 7 nitrogen and oxygen atoms in total. The van der Waals surface area contributed by atoms with Crippen LogP contribution >= 0.6 is 10.6 Å². The van der Waals surface area contributed by atoms with Gasteiger partial charge in [0.05, 0.1) is 23.9 Å². The van der Waals surface area contributed by atoms with Gasteiger partial charge in [0.2, 0.25) is 0 Å². The first-order valence-electron chi connectivity index (χ1n) is 4.23. The van der Waals surface area contributed by atoms with Crippen molar-refractivity contribution in [3.63, 3.8) is 0 Å². The quantitative estimate of drug-likeness (QED) is 0.313. The van der Waals surface area contributed by atoms with Crippen molar-refractivity contribution in [2.24, 2.45) is 16.5 Å². The number of carbonyl (C=O) groups is 1. The number of carboxylic acids is 1. The minimum absolute atomic E-state index is 0.0253. The molecule has 0 aromatic rings. The number of amidine groups is 1. The summed E-state index contributed by atoms with van der Waals surface area (Å²) in [5, 5.41) is 8.48. The van der Waals surface area contributed by atoms with E-state index in [4.69, 9.17) is 16.6 Å². The smallest absolute Gasteiger partial charge is 0.322 e. The Morgan fingerprint density at radius 1 is 1.53 bits per heavy atom. The number of aliphatic imine (C=N–C) groups is 1. The van der Waals surface area contributed by atoms with E-state index in [1.165, 1.54) is 0 Å². The first-order chi connectivity index (χ1) is 6.74. The molecule has 15 heavy (non-hydrogen) atoms. The molecule has 0 heterocycles. The number of aliphatic carboxylic acids is 1. The number of nitrogens with two attached hydrogens (primary N) is 2. The number of carboxylic acid groups (broad SMARTS) is 1. The molecule has 0 unspecified atom stereocenters. The van der Waals surface area contributed by atoms with E-state index in [0.717, 1.165) is 0 Å². The fourth-order valence-electron chi connectivity index (χ4n) is 0.810. The lowest BCUT2D eigenvalue weighted by Crippen LogP contribution is -2.36. The maximum absolute atomic E-state index is 10.4. The molecule has 0 bridgehead atoms. The van der Waals surface area contributed by atoms with Crippen LogP contribution in [0.5, 0.6) is 0 Å². The van der Waals surface area contributed by atoms with Crippen molar-refractivity contribution >= 4 is 22.4 Å². The summed E-state index contributed by atoms with van der Waals surface area (Å²) < 4.78 is 18.9. The average molecular weight is 239 g/mol. The van der Waals surface area contributed by atoms with Crippen LogP contribution in [0.2, 0.25) is 0 Å². The van der Waals surface area contributed by atoms with E-state index in [1.54, 1.807) is 6.92 Å². The Hall–Kier alpha value is -0.830. The van der Waals surface area contributed by atoms with Crippen molar-refractivity contribution in [2.75, 3.05) is 18.1 Å². The number of hydrogen-bond acceptors (Lipinski definition) is 5. The summed E-state index contributed by atoms with van der Waals surface area (Å²) in [6, 6.07) is -1.27. The van der Waals surface area contributed by atoms with Crippen molar-refractivity contribution in [2.45, 2.75) is 13.0 Å². The van der Waals surface area contributed by atoms with Gasteiger partial charge < -0.3 is 16.6 Å². The number of nitrogens with zero attached hydrogens (tertiary/aromatic N) is 1. The van der Waals surface area contributed by atoms with Crippen molar-refractivity contribution < 1.29 is 19.0 Å². The molecule has 0 amide bonds. The van der Waals surface area contributed by atoms with Crippen LogP contribution in [-0.2, 0) is 4.79 Å². The van der Waals surface area contributed by atoms with Crippen LogP contribution in [-0.4, -0.2) is 50.1 Å². The molecule has 0 aliphatic heterocycles. The standard InChI is InChI=1S/C7H17N3O4S/c1-5(8)10-2-3-15(13,14)4-6(9)7(11)12/h6,13-14H,2-4,9H2,1H3,(H2,8,10)(H,11,12)/t6-/m0/s1. The second-order valence-corrected chi connectivity index (χ2v) is 5.49. The van der Waals surface area contributed by atoms with Gasteiger partial charge in [0.25, 0.3) is 0 Å². The Bertz CT molecular complexity index is 253. The van der Waals surface area contributed by atoms with Gasteiger partial charge in [0, 0.05) is 0 Å². The maximum Gasteiger partial charge on any atom is 0.322 e. The van der Waals surface area contributed by atoms with Crippen LogP contribution in [0.1, 0.15) is 6.92 Å². The van der Waals surface area contributed by atoms with E-state index in [9.17, 15) is 13.9 Å². The van der Waals surface area contributed by atoms with Gasteiger partial charge in [0.1, 0.15) is 6.04 Å². The topological polar surface area (TPSA) is 142 Å². The third kappa shape index (κ3) is 7.14. The van der Waals surface area contributed by atoms with Crippen LogP contribution in [0.4, 0.5) is 0 Å². The summed E-state index contributed by atoms with van der Waals surface area (Å²) in [4.78, 5) is 14.1. The summed E-state index contributed by atoms with van der Waals surface area (Å²) >= 11 is 0. The van der Waals surface area contributed by atoms with Crippen molar-refractivity contribution in [3.05, 3.63) is 0 Å². The lowest BCUT2D eigenvalue weighted by molar-refractivity contribution is -0.138. The van der Waals surface area contributed by atoms with Crippen LogP contribution in [0.3, 0.4) is 0 Å². The molecule has 0 aromatic heterocycles. The first-order valence-corrected chi connectivity index (χ1v) is 6.11.